The molecule has 1 unspecified atom stereocenters. The molecule has 1 aliphatic heterocycles. The van der Waals surface area contributed by atoms with Gasteiger partial charge in [0.1, 0.15) is 17.8 Å². The van der Waals surface area contributed by atoms with Gasteiger partial charge in [0, 0.05) is 5.69 Å². The van der Waals surface area contributed by atoms with E-state index in [2.05, 4.69) is 15.4 Å². The summed E-state index contributed by atoms with van der Waals surface area (Å²) >= 11 is 0. The van der Waals surface area contributed by atoms with E-state index < -0.39 is 36.5 Å². The Morgan fingerprint density at radius 2 is 1.83 bits per heavy atom. The van der Waals surface area contributed by atoms with Crippen LogP contribution in [0.3, 0.4) is 0 Å². The molecule has 1 saturated heterocycles. The quantitative estimate of drug-likeness (QED) is 0.726. The number of anilines is 1. The van der Waals surface area contributed by atoms with Gasteiger partial charge in [0.05, 0.1) is 0 Å². The summed E-state index contributed by atoms with van der Waals surface area (Å²) in [7, 11) is 0. The molecule has 0 aliphatic carbocycles. The highest BCUT2D eigenvalue weighted by atomic mass is 19.3. The number of nitrogens with zero attached hydrogens (tertiary/aromatic N) is 1. The van der Waals surface area contributed by atoms with Crippen molar-refractivity contribution in [3.05, 3.63) is 59.7 Å². The zero-order valence-corrected chi connectivity index (χ0v) is 15.7. The van der Waals surface area contributed by atoms with E-state index in [0.717, 1.165) is 10.5 Å². The fourth-order valence-corrected chi connectivity index (χ4v) is 3.22. The Bertz CT molecular complexity index is 949. The molecular formula is C20H19F2N3O4. The number of hydrogen-bond acceptors (Lipinski definition) is 4. The van der Waals surface area contributed by atoms with Crippen molar-refractivity contribution in [1.82, 2.24) is 10.2 Å². The van der Waals surface area contributed by atoms with Gasteiger partial charge in [-0.15, -0.1) is 0 Å². The highest BCUT2D eigenvalue weighted by Crippen LogP contribution is 2.30. The standard InChI is InChI=1S/C20H19F2N3O4/c1-12-5-3-4-6-15(12)20(2)17(27)25(19(28)24-20)11-16(26)23-13-7-9-14(10-8-13)29-18(21)22/h3-10,18H,11H2,1-2H3,(H,23,26)(H,24,28). The summed E-state index contributed by atoms with van der Waals surface area (Å²) < 4.78 is 28.6. The summed E-state index contributed by atoms with van der Waals surface area (Å²) in [6.45, 7) is -0.00865. The number of aryl methyl sites for hydroxylation is 1. The summed E-state index contributed by atoms with van der Waals surface area (Å²) in [5.41, 5.74) is 0.527. The SMILES string of the molecule is Cc1ccccc1C1(C)NC(=O)N(CC(=O)Nc2ccc(OC(F)F)cc2)C1=O. The molecule has 0 spiro atoms. The Morgan fingerprint density at radius 1 is 1.17 bits per heavy atom. The number of hydrogen-bond donors (Lipinski definition) is 2. The minimum absolute atomic E-state index is 0.0545. The average Bonchev–Trinajstić information content (AvgIpc) is 2.87. The Morgan fingerprint density at radius 3 is 2.45 bits per heavy atom. The second kappa shape index (κ2) is 7.86. The molecule has 2 aromatic carbocycles. The van der Waals surface area contributed by atoms with E-state index in [1.165, 1.54) is 24.3 Å². The molecule has 152 valence electrons. The normalized spacial score (nSPS) is 18.7. The van der Waals surface area contributed by atoms with E-state index in [0.29, 0.717) is 11.3 Å². The molecule has 1 heterocycles. The maximum Gasteiger partial charge on any atom is 0.387 e. The molecule has 2 N–H and O–H groups in total. The molecule has 0 radical (unpaired) electrons. The van der Waals surface area contributed by atoms with Crippen LogP contribution in [-0.4, -0.2) is 35.9 Å². The fourth-order valence-electron chi connectivity index (χ4n) is 3.22. The van der Waals surface area contributed by atoms with E-state index in [1.807, 2.05) is 19.1 Å². The number of rotatable bonds is 6. The van der Waals surface area contributed by atoms with Crippen LogP contribution in [-0.2, 0) is 15.1 Å². The van der Waals surface area contributed by atoms with Crippen molar-refractivity contribution in [3.8, 4) is 5.75 Å². The number of imide groups is 1. The second-order valence-corrected chi connectivity index (χ2v) is 6.71. The zero-order valence-electron chi connectivity index (χ0n) is 15.7. The molecule has 0 bridgehead atoms. The van der Waals surface area contributed by atoms with Crippen molar-refractivity contribution in [2.75, 3.05) is 11.9 Å². The van der Waals surface area contributed by atoms with Crippen LogP contribution in [0.15, 0.2) is 48.5 Å². The van der Waals surface area contributed by atoms with E-state index in [9.17, 15) is 23.2 Å². The first-order valence-corrected chi connectivity index (χ1v) is 8.75. The van der Waals surface area contributed by atoms with Crippen molar-refractivity contribution in [1.29, 1.82) is 0 Å². The van der Waals surface area contributed by atoms with Crippen LogP contribution < -0.4 is 15.4 Å². The third-order valence-electron chi connectivity index (χ3n) is 4.62. The van der Waals surface area contributed by atoms with Crippen LogP contribution in [0.1, 0.15) is 18.1 Å². The molecule has 3 rings (SSSR count). The highest BCUT2D eigenvalue weighted by molar-refractivity contribution is 6.10. The monoisotopic (exact) mass is 403 g/mol. The lowest BCUT2D eigenvalue weighted by Gasteiger charge is -2.24. The van der Waals surface area contributed by atoms with E-state index in [4.69, 9.17) is 0 Å². The van der Waals surface area contributed by atoms with Gasteiger partial charge in [-0.2, -0.15) is 8.78 Å². The Balaban J connectivity index is 1.68. The van der Waals surface area contributed by atoms with Crippen molar-refractivity contribution in [2.45, 2.75) is 26.0 Å². The van der Waals surface area contributed by atoms with E-state index in [1.54, 1.807) is 19.1 Å². The number of alkyl halides is 2. The number of carbonyl (C=O) groups is 3. The smallest absolute Gasteiger partial charge is 0.387 e. The fraction of sp³-hybridized carbons (Fsp3) is 0.250. The molecule has 7 nitrogen and oxygen atoms in total. The topological polar surface area (TPSA) is 87.7 Å². The number of ether oxygens (including phenoxy) is 1. The van der Waals surface area contributed by atoms with E-state index in [-0.39, 0.29) is 5.75 Å². The molecule has 1 atom stereocenters. The number of nitrogens with one attached hydrogen (secondary N) is 2. The minimum atomic E-state index is -2.95. The first kappa shape index (κ1) is 20.2. The molecule has 0 aromatic heterocycles. The number of amides is 4. The highest BCUT2D eigenvalue weighted by Gasteiger charge is 2.49. The zero-order chi connectivity index (χ0) is 21.2. The van der Waals surface area contributed by atoms with Gasteiger partial charge in [0.25, 0.3) is 5.91 Å². The van der Waals surface area contributed by atoms with Crippen LogP contribution in [0.25, 0.3) is 0 Å². The predicted molar refractivity (Wildman–Crippen MR) is 100 cm³/mol. The van der Waals surface area contributed by atoms with Gasteiger partial charge in [0.2, 0.25) is 5.91 Å². The summed E-state index contributed by atoms with van der Waals surface area (Å²) in [6.07, 6.45) is 0. The first-order chi connectivity index (χ1) is 13.7. The molecule has 2 aromatic rings. The lowest BCUT2D eigenvalue weighted by molar-refractivity contribution is -0.133. The van der Waals surface area contributed by atoms with Gasteiger partial charge < -0.3 is 15.4 Å². The molecule has 9 heteroatoms. The number of halogens is 2. The van der Waals surface area contributed by atoms with Gasteiger partial charge in [0.15, 0.2) is 0 Å². The maximum absolute atomic E-state index is 12.9. The lowest BCUT2D eigenvalue weighted by atomic mass is 9.88. The minimum Gasteiger partial charge on any atom is -0.435 e. The third kappa shape index (κ3) is 4.18. The van der Waals surface area contributed by atoms with Gasteiger partial charge in [-0.3, -0.25) is 14.5 Å². The molecule has 4 amide bonds. The summed E-state index contributed by atoms with van der Waals surface area (Å²) in [6, 6.07) is 11.8. The first-order valence-electron chi connectivity index (χ1n) is 8.75. The largest absolute Gasteiger partial charge is 0.435 e. The van der Waals surface area contributed by atoms with Crippen molar-refractivity contribution < 1.29 is 27.9 Å². The van der Waals surface area contributed by atoms with Gasteiger partial charge in [-0.05, 0) is 49.2 Å². The van der Waals surface area contributed by atoms with Gasteiger partial charge >= 0.3 is 12.6 Å². The van der Waals surface area contributed by atoms with Crippen LogP contribution >= 0.6 is 0 Å². The van der Waals surface area contributed by atoms with Crippen LogP contribution in [0.5, 0.6) is 5.75 Å². The summed E-state index contributed by atoms with van der Waals surface area (Å²) in [5, 5.41) is 5.17. The Kier molecular flexibility index (Phi) is 5.49. The average molecular weight is 403 g/mol. The third-order valence-corrected chi connectivity index (χ3v) is 4.62. The van der Waals surface area contributed by atoms with Gasteiger partial charge in [-0.25, -0.2) is 4.79 Å². The molecular weight excluding hydrogens is 384 g/mol. The van der Waals surface area contributed by atoms with E-state index >= 15 is 0 Å². The van der Waals surface area contributed by atoms with Crippen molar-refractivity contribution in [2.24, 2.45) is 0 Å². The maximum atomic E-state index is 12.9. The predicted octanol–water partition coefficient (Wildman–Crippen LogP) is 3.00. The molecule has 1 fully saturated rings. The Labute approximate surface area is 165 Å². The number of carbonyl (C=O) groups excluding carboxylic acids is 3. The molecule has 29 heavy (non-hydrogen) atoms. The lowest BCUT2D eigenvalue weighted by Crippen LogP contribution is -2.42. The number of benzene rings is 2. The Hall–Kier alpha value is -3.49. The second-order valence-electron chi connectivity index (χ2n) is 6.71. The number of urea groups is 1. The van der Waals surface area contributed by atoms with Crippen molar-refractivity contribution >= 4 is 23.5 Å². The van der Waals surface area contributed by atoms with Crippen LogP contribution in [0.2, 0.25) is 0 Å². The summed E-state index contributed by atoms with van der Waals surface area (Å²) in [5.74, 6) is -1.20. The molecule has 1 aliphatic rings. The summed E-state index contributed by atoms with van der Waals surface area (Å²) in [4.78, 5) is 38.4. The van der Waals surface area contributed by atoms with Crippen molar-refractivity contribution in [3.63, 3.8) is 0 Å². The molecule has 0 saturated carbocycles. The van der Waals surface area contributed by atoms with Crippen LogP contribution in [0.4, 0.5) is 19.3 Å². The van der Waals surface area contributed by atoms with Gasteiger partial charge in [-0.1, -0.05) is 24.3 Å². The van der Waals surface area contributed by atoms with Crippen LogP contribution in [0, 0.1) is 6.92 Å².